The number of esters is 1. The molecule has 82 valence electrons. The highest BCUT2D eigenvalue weighted by Crippen LogP contribution is 1.89. The molecule has 0 aliphatic rings. The van der Waals surface area contributed by atoms with E-state index in [0.717, 1.165) is 0 Å². The van der Waals surface area contributed by atoms with E-state index in [4.69, 9.17) is 5.73 Å². The van der Waals surface area contributed by atoms with Crippen molar-refractivity contribution in [2.24, 2.45) is 5.73 Å². The van der Waals surface area contributed by atoms with Crippen molar-refractivity contribution in [3.8, 4) is 0 Å². The van der Waals surface area contributed by atoms with E-state index in [1.54, 1.807) is 13.8 Å². The largest absolute Gasteiger partial charge is 0.461 e. The highest BCUT2D eigenvalue weighted by Gasteiger charge is 1.99. The third kappa shape index (κ3) is 13.4. The zero-order valence-electron chi connectivity index (χ0n) is 9.13. The lowest BCUT2D eigenvalue weighted by molar-refractivity contribution is -0.138. The van der Waals surface area contributed by atoms with Gasteiger partial charge in [0.15, 0.2) is 0 Å². The SMILES string of the molecule is C=C(C)C(=O)OCCN.CCC(C)=O. The smallest absolute Gasteiger partial charge is 0.333 e. The van der Waals surface area contributed by atoms with Crippen molar-refractivity contribution >= 4 is 11.8 Å². The van der Waals surface area contributed by atoms with Crippen LogP contribution in [0, 0.1) is 0 Å². The maximum atomic E-state index is 10.5. The molecule has 2 N–H and O–H groups in total. The molecule has 0 aliphatic carbocycles. The van der Waals surface area contributed by atoms with Crippen LogP contribution in [0.25, 0.3) is 0 Å². The summed E-state index contributed by atoms with van der Waals surface area (Å²) >= 11 is 0. The lowest BCUT2D eigenvalue weighted by Gasteiger charge is -1.99. The van der Waals surface area contributed by atoms with Crippen molar-refractivity contribution in [1.82, 2.24) is 0 Å². The van der Waals surface area contributed by atoms with E-state index in [2.05, 4.69) is 11.3 Å². The van der Waals surface area contributed by atoms with Crippen LogP contribution >= 0.6 is 0 Å². The molecule has 0 aromatic carbocycles. The van der Waals surface area contributed by atoms with Gasteiger partial charge >= 0.3 is 5.97 Å². The molecule has 0 unspecified atom stereocenters. The fourth-order valence-electron chi connectivity index (χ4n) is 0.275. The van der Waals surface area contributed by atoms with Crippen molar-refractivity contribution in [2.75, 3.05) is 13.2 Å². The van der Waals surface area contributed by atoms with Crippen LogP contribution in [-0.4, -0.2) is 24.9 Å². The summed E-state index contributed by atoms with van der Waals surface area (Å²) in [5.74, 6) is -0.120. The predicted molar refractivity (Wildman–Crippen MR) is 55.8 cm³/mol. The van der Waals surface area contributed by atoms with Gasteiger partial charge in [0.1, 0.15) is 12.4 Å². The van der Waals surface area contributed by atoms with Gasteiger partial charge in [-0.25, -0.2) is 4.79 Å². The molecule has 0 aromatic rings. The van der Waals surface area contributed by atoms with Crippen molar-refractivity contribution in [1.29, 1.82) is 0 Å². The van der Waals surface area contributed by atoms with Gasteiger partial charge in [-0.2, -0.15) is 0 Å². The van der Waals surface area contributed by atoms with Gasteiger partial charge in [0, 0.05) is 18.5 Å². The molecule has 0 bridgehead atoms. The Bertz CT molecular complexity index is 200. The summed E-state index contributed by atoms with van der Waals surface area (Å²) in [5, 5.41) is 0. The Morgan fingerprint density at radius 1 is 1.36 bits per heavy atom. The molecule has 0 saturated heterocycles. The van der Waals surface area contributed by atoms with Gasteiger partial charge in [0.25, 0.3) is 0 Å². The van der Waals surface area contributed by atoms with Crippen molar-refractivity contribution in [3.63, 3.8) is 0 Å². The molecule has 14 heavy (non-hydrogen) atoms. The van der Waals surface area contributed by atoms with Crippen LogP contribution in [0.15, 0.2) is 12.2 Å². The third-order valence-electron chi connectivity index (χ3n) is 1.20. The third-order valence-corrected chi connectivity index (χ3v) is 1.20. The Kier molecular flexibility index (Phi) is 10.9. The van der Waals surface area contributed by atoms with Gasteiger partial charge in [0.05, 0.1) is 0 Å². The zero-order chi connectivity index (χ0) is 11.6. The fourth-order valence-corrected chi connectivity index (χ4v) is 0.275. The lowest BCUT2D eigenvalue weighted by atomic mass is 10.4. The number of ketones is 1. The van der Waals surface area contributed by atoms with Crippen LogP contribution in [0.2, 0.25) is 0 Å². The maximum Gasteiger partial charge on any atom is 0.333 e. The second-order valence-electron chi connectivity index (χ2n) is 2.76. The molecular formula is C10H19NO3. The first kappa shape index (κ1) is 15.3. The van der Waals surface area contributed by atoms with E-state index < -0.39 is 0 Å². The Hall–Kier alpha value is -1.16. The first-order chi connectivity index (χ1) is 6.45. The first-order valence-electron chi connectivity index (χ1n) is 4.47. The number of hydrogen-bond acceptors (Lipinski definition) is 4. The summed E-state index contributed by atoms with van der Waals surface area (Å²) in [6.45, 7) is 9.05. The number of hydrogen-bond donors (Lipinski definition) is 1. The highest BCUT2D eigenvalue weighted by atomic mass is 16.5. The molecule has 0 heterocycles. The second-order valence-corrected chi connectivity index (χ2v) is 2.76. The fraction of sp³-hybridized carbons (Fsp3) is 0.600. The Morgan fingerprint density at radius 3 is 2.00 bits per heavy atom. The predicted octanol–water partition coefficient (Wildman–Crippen LogP) is 1.05. The molecular weight excluding hydrogens is 182 g/mol. The minimum absolute atomic E-state index is 0.255. The van der Waals surface area contributed by atoms with Crippen molar-refractivity contribution in [2.45, 2.75) is 27.2 Å². The minimum Gasteiger partial charge on any atom is -0.461 e. The lowest BCUT2D eigenvalue weighted by Crippen LogP contribution is -2.13. The van der Waals surface area contributed by atoms with Crippen LogP contribution in [-0.2, 0) is 14.3 Å². The van der Waals surface area contributed by atoms with Crippen LogP contribution in [0.4, 0.5) is 0 Å². The Morgan fingerprint density at radius 2 is 1.79 bits per heavy atom. The number of Topliss-reactive ketones (excluding diaryl/α,β-unsaturated/α-hetero) is 1. The molecule has 0 spiro atoms. The van der Waals surface area contributed by atoms with Gasteiger partial charge in [-0.15, -0.1) is 0 Å². The van der Waals surface area contributed by atoms with E-state index in [9.17, 15) is 9.59 Å². The standard InChI is InChI=1S/C6H11NO2.C4H8O/c1-5(2)6(8)9-4-3-7;1-3-4(2)5/h1,3-4,7H2,2H3;3H2,1-2H3. The summed E-state index contributed by atoms with van der Waals surface area (Å²) in [7, 11) is 0. The molecule has 4 nitrogen and oxygen atoms in total. The average Bonchev–Trinajstić information content (AvgIpc) is 2.14. The van der Waals surface area contributed by atoms with Gasteiger partial charge in [-0.05, 0) is 13.8 Å². The molecule has 0 amide bonds. The summed E-state index contributed by atoms with van der Waals surface area (Å²) in [6, 6.07) is 0. The van der Waals surface area contributed by atoms with E-state index in [1.165, 1.54) is 0 Å². The number of nitrogens with two attached hydrogens (primary N) is 1. The van der Waals surface area contributed by atoms with Crippen molar-refractivity contribution < 1.29 is 14.3 Å². The van der Waals surface area contributed by atoms with E-state index in [1.807, 2.05) is 6.92 Å². The summed E-state index contributed by atoms with van der Waals surface area (Å²) in [4.78, 5) is 20.3. The summed E-state index contributed by atoms with van der Waals surface area (Å²) in [5.41, 5.74) is 5.48. The number of carbonyl (C=O) groups is 2. The highest BCUT2D eigenvalue weighted by molar-refractivity contribution is 5.86. The minimum atomic E-state index is -0.375. The molecule has 0 saturated carbocycles. The molecule has 0 aromatic heterocycles. The quantitative estimate of drug-likeness (QED) is 0.545. The number of carbonyl (C=O) groups excluding carboxylic acids is 2. The van der Waals surface area contributed by atoms with Gasteiger partial charge < -0.3 is 15.3 Å². The van der Waals surface area contributed by atoms with Crippen LogP contribution in [0.1, 0.15) is 27.2 Å². The first-order valence-corrected chi connectivity index (χ1v) is 4.47. The molecule has 0 atom stereocenters. The van der Waals surface area contributed by atoms with Crippen molar-refractivity contribution in [3.05, 3.63) is 12.2 Å². The maximum absolute atomic E-state index is 10.5. The molecule has 0 rings (SSSR count). The second kappa shape index (κ2) is 9.92. The Balaban J connectivity index is 0. The summed E-state index contributed by atoms with van der Waals surface area (Å²) < 4.78 is 4.59. The Labute approximate surface area is 85.1 Å². The molecule has 0 fully saturated rings. The van der Waals surface area contributed by atoms with E-state index in [-0.39, 0.29) is 18.4 Å². The number of rotatable bonds is 4. The van der Waals surface area contributed by atoms with Crippen LogP contribution < -0.4 is 5.73 Å². The van der Waals surface area contributed by atoms with Gasteiger partial charge in [-0.1, -0.05) is 13.5 Å². The van der Waals surface area contributed by atoms with Crippen LogP contribution in [0.5, 0.6) is 0 Å². The van der Waals surface area contributed by atoms with Gasteiger partial charge in [-0.3, -0.25) is 0 Å². The number of ether oxygens (including phenoxy) is 1. The average molecular weight is 201 g/mol. The normalized spacial score (nSPS) is 8.29. The monoisotopic (exact) mass is 201 g/mol. The molecule has 0 radical (unpaired) electrons. The molecule has 4 heteroatoms. The van der Waals surface area contributed by atoms with E-state index >= 15 is 0 Å². The summed E-state index contributed by atoms with van der Waals surface area (Å²) in [6.07, 6.45) is 0.667. The van der Waals surface area contributed by atoms with Gasteiger partial charge in [0.2, 0.25) is 0 Å². The van der Waals surface area contributed by atoms with Crippen LogP contribution in [0.3, 0.4) is 0 Å². The topological polar surface area (TPSA) is 69.4 Å². The zero-order valence-corrected chi connectivity index (χ0v) is 9.13. The van der Waals surface area contributed by atoms with E-state index in [0.29, 0.717) is 18.5 Å². The molecule has 0 aliphatic heterocycles.